The number of ether oxygens (including phenoxy) is 2. The predicted molar refractivity (Wildman–Crippen MR) is 79.0 cm³/mol. The maximum absolute atomic E-state index is 13.6. The lowest BCUT2D eigenvalue weighted by molar-refractivity contribution is 0.174. The van der Waals surface area contributed by atoms with Crippen LogP contribution in [0, 0.1) is 5.82 Å². The van der Waals surface area contributed by atoms with E-state index in [4.69, 9.17) is 9.47 Å². The van der Waals surface area contributed by atoms with Crippen LogP contribution in [-0.4, -0.2) is 12.8 Å². The maximum atomic E-state index is 13.6. The third-order valence-corrected chi connectivity index (χ3v) is 3.58. The molecule has 3 rings (SSSR count). The quantitative estimate of drug-likeness (QED) is 0.915. The number of fused-ring (bicyclic) bond motifs is 1. The van der Waals surface area contributed by atoms with Crippen LogP contribution in [0.5, 0.6) is 11.5 Å². The highest BCUT2D eigenvalue weighted by molar-refractivity contribution is 5.44. The molecule has 1 heterocycles. The van der Waals surface area contributed by atoms with Gasteiger partial charge in [-0.05, 0) is 42.7 Å². The Labute approximate surface area is 123 Å². The zero-order chi connectivity index (χ0) is 14.7. The van der Waals surface area contributed by atoms with Crippen LogP contribution in [0.2, 0.25) is 0 Å². The first-order valence-corrected chi connectivity index (χ1v) is 7.07. The predicted octanol–water partition coefficient (Wildman–Crippen LogP) is 3.28. The number of hydrogen-bond donors (Lipinski definition) is 1. The van der Waals surface area contributed by atoms with Crippen LogP contribution < -0.4 is 14.8 Å². The van der Waals surface area contributed by atoms with Gasteiger partial charge in [0.2, 0.25) is 6.79 Å². The Hall–Kier alpha value is -2.07. The zero-order valence-electron chi connectivity index (χ0n) is 11.9. The SMILES string of the molecule is CC(Cc1ccccc1F)NCc1ccc2c(c1)OCO2. The molecule has 1 aliphatic heterocycles. The van der Waals surface area contributed by atoms with Gasteiger partial charge in [-0.3, -0.25) is 0 Å². The fraction of sp³-hybridized carbons (Fsp3) is 0.294. The van der Waals surface area contributed by atoms with Crippen LogP contribution in [0.1, 0.15) is 18.1 Å². The molecule has 3 nitrogen and oxygen atoms in total. The minimum atomic E-state index is -0.144. The van der Waals surface area contributed by atoms with Gasteiger partial charge in [0.1, 0.15) is 5.82 Å². The first-order chi connectivity index (χ1) is 10.2. The molecule has 0 saturated heterocycles. The highest BCUT2D eigenvalue weighted by Gasteiger charge is 2.13. The van der Waals surface area contributed by atoms with E-state index >= 15 is 0 Å². The summed E-state index contributed by atoms with van der Waals surface area (Å²) in [6.07, 6.45) is 0.664. The minimum Gasteiger partial charge on any atom is -0.454 e. The molecule has 0 radical (unpaired) electrons. The number of hydrogen-bond acceptors (Lipinski definition) is 3. The van der Waals surface area contributed by atoms with Crippen LogP contribution in [0.25, 0.3) is 0 Å². The van der Waals surface area contributed by atoms with Crippen molar-refractivity contribution in [3.63, 3.8) is 0 Å². The summed E-state index contributed by atoms with van der Waals surface area (Å²) in [6, 6.07) is 13.0. The van der Waals surface area contributed by atoms with E-state index in [9.17, 15) is 4.39 Å². The summed E-state index contributed by atoms with van der Waals surface area (Å²) in [5.41, 5.74) is 1.86. The molecule has 110 valence electrons. The lowest BCUT2D eigenvalue weighted by Gasteiger charge is -2.14. The molecule has 0 amide bonds. The topological polar surface area (TPSA) is 30.5 Å². The molecule has 0 fully saturated rings. The van der Waals surface area contributed by atoms with Crippen molar-refractivity contribution in [3.05, 3.63) is 59.4 Å². The molecule has 4 heteroatoms. The van der Waals surface area contributed by atoms with Crippen molar-refractivity contribution in [1.29, 1.82) is 0 Å². The first-order valence-electron chi connectivity index (χ1n) is 7.07. The number of nitrogens with one attached hydrogen (secondary N) is 1. The molecule has 0 spiro atoms. The van der Waals surface area contributed by atoms with Gasteiger partial charge in [0.05, 0.1) is 0 Å². The Balaban J connectivity index is 1.56. The molecule has 2 aromatic carbocycles. The summed E-state index contributed by atoms with van der Waals surface area (Å²) in [6.45, 7) is 3.06. The van der Waals surface area contributed by atoms with Gasteiger partial charge < -0.3 is 14.8 Å². The van der Waals surface area contributed by atoms with Crippen molar-refractivity contribution < 1.29 is 13.9 Å². The van der Waals surface area contributed by atoms with Crippen LogP contribution in [0.3, 0.4) is 0 Å². The Morgan fingerprint density at radius 2 is 1.95 bits per heavy atom. The van der Waals surface area contributed by atoms with Gasteiger partial charge in [0.25, 0.3) is 0 Å². The first kappa shape index (κ1) is 13.9. The van der Waals surface area contributed by atoms with E-state index in [0.29, 0.717) is 13.0 Å². The average molecular weight is 287 g/mol. The van der Waals surface area contributed by atoms with E-state index in [1.807, 2.05) is 30.3 Å². The van der Waals surface area contributed by atoms with Crippen LogP contribution in [0.4, 0.5) is 4.39 Å². The molecule has 0 bridgehead atoms. The van der Waals surface area contributed by atoms with E-state index in [1.165, 1.54) is 6.07 Å². The molecular formula is C17H18FNO2. The number of rotatable bonds is 5. The fourth-order valence-corrected chi connectivity index (χ4v) is 2.41. The van der Waals surface area contributed by atoms with Crippen LogP contribution in [0.15, 0.2) is 42.5 Å². The van der Waals surface area contributed by atoms with E-state index in [1.54, 1.807) is 6.07 Å². The third kappa shape index (κ3) is 3.34. The van der Waals surface area contributed by atoms with E-state index in [2.05, 4.69) is 12.2 Å². The Bertz CT molecular complexity index is 630. The van der Waals surface area contributed by atoms with Crippen molar-refractivity contribution >= 4 is 0 Å². The number of benzene rings is 2. The van der Waals surface area contributed by atoms with Crippen LogP contribution in [-0.2, 0) is 13.0 Å². The zero-order valence-corrected chi connectivity index (χ0v) is 11.9. The Morgan fingerprint density at radius 3 is 2.81 bits per heavy atom. The van der Waals surface area contributed by atoms with Crippen molar-refractivity contribution in [2.45, 2.75) is 25.9 Å². The van der Waals surface area contributed by atoms with E-state index in [0.717, 1.165) is 22.6 Å². The smallest absolute Gasteiger partial charge is 0.231 e. The molecule has 1 atom stereocenters. The highest BCUT2D eigenvalue weighted by atomic mass is 19.1. The third-order valence-electron chi connectivity index (χ3n) is 3.58. The molecule has 1 aliphatic rings. The lowest BCUT2D eigenvalue weighted by Crippen LogP contribution is -2.27. The van der Waals surface area contributed by atoms with Gasteiger partial charge >= 0.3 is 0 Å². The molecule has 0 aromatic heterocycles. The summed E-state index contributed by atoms with van der Waals surface area (Å²) in [7, 11) is 0. The summed E-state index contributed by atoms with van der Waals surface area (Å²) >= 11 is 0. The second-order valence-corrected chi connectivity index (χ2v) is 5.27. The van der Waals surface area contributed by atoms with Gasteiger partial charge in [0, 0.05) is 12.6 Å². The van der Waals surface area contributed by atoms with Gasteiger partial charge in [-0.25, -0.2) is 4.39 Å². The highest BCUT2D eigenvalue weighted by Crippen LogP contribution is 2.32. The molecular weight excluding hydrogens is 269 g/mol. The van der Waals surface area contributed by atoms with Gasteiger partial charge in [0.15, 0.2) is 11.5 Å². The second kappa shape index (κ2) is 6.14. The summed E-state index contributed by atoms with van der Waals surface area (Å²) < 4.78 is 24.2. The normalized spacial score (nSPS) is 14.2. The standard InChI is InChI=1S/C17H18FNO2/c1-12(8-14-4-2-3-5-15(14)18)19-10-13-6-7-16-17(9-13)21-11-20-16/h2-7,9,12,19H,8,10-11H2,1H3. The van der Waals surface area contributed by atoms with Crippen molar-refractivity contribution in [1.82, 2.24) is 5.32 Å². The molecule has 2 aromatic rings. The summed E-state index contributed by atoms with van der Waals surface area (Å²) in [4.78, 5) is 0. The van der Waals surface area contributed by atoms with Crippen molar-refractivity contribution in [2.75, 3.05) is 6.79 Å². The average Bonchev–Trinajstić information content (AvgIpc) is 2.95. The molecule has 1 N–H and O–H groups in total. The lowest BCUT2D eigenvalue weighted by atomic mass is 10.1. The van der Waals surface area contributed by atoms with Crippen LogP contribution >= 0.6 is 0 Å². The van der Waals surface area contributed by atoms with E-state index in [-0.39, 0.29) is 18.7 Å². The Morgan fingerprint density at radius 1 is 1.14 bits per heavy atom. The maximum Gasteiger partial charge on any atom is 0.231 e. The monoisotopic (exact) mass is 287 g/mol. The largest absolute Gasteiger partial charge is 0.454 e. The summed E-state index contributed by atoms with van der Waals surface area (Å²) in [5, 5.41) is 3.40. The van der Waals surface area contributed by atoms with Gasteiger partial charge in [-0.2, -0.15) is 0 Å². The second-order valence-electron chi connectivity index (χ2n) is 5.27. The number of halogens is 1. The molecule has 0 saturated carbocycles. The minimum absolute atomic E-state index is 0.144. The van der Waals surface area contributed by atoms with Gasteiger partial charge in [-0.15, -0.1) is 0 Å². The van der Waals surface area contributed by atoms with E-state index < -0.39 is 0 Å². The molecule has 21 heavy (non-hydrogen) atoms. The summed E-state index contributed by atoms with van der Waals surface area (Å²) in [5.74, 6) is 1.43. The van der Waals surface area contributed by atoms with Crippen molar-refractivity contribution in [2.24, 2.45) is 0 Å². The molecule has 0 aliphatic carbocycles. The Kier molecular flexibility index (Phi) is 4.06. The van der Waals surface area contributed by atoms with Crippen molar-refractivity contribution in [3.8, 4) is 11.5 Å². The van der Waals surface area contributed by atoms with Gasteiger partial charge in [-0.1, -0.05) is 24.3 Å². The fourth-order valence-electron chi connectivity index (χ4n) is 2.41. The molecule has 1 unspecified atom stereocenters.